The van der Waals surface area contributed by atoms with Crippen LogP contribution in [0.25, 0.3) is 0 Å². The average molecular weight is 165 g/mol. The van der Waals surface area contributed by atoms with Crippen LogP contribution in [0.5, 0.6) is 0 Å². The molecule has 1 aromatic rings. The van der Waals surface area contributed by atoms with Crippen LogP contribution in [0.1, 0.15) is 44.9 Å². The molecule has 0 aliphatic carbocycles. The summed E-state index contributed by atoms with van der Waals surface area (Å²) in [5.74, 6) is 1.45. The van der Waals surface area contributed by atoms with Gasteiger partial charge in [0, 0.05) is 5.92 Å². The van der Waals surface area contributed by atoms with E-state index in [1.54, 1.807) is 12.7 Å². The molecule has 3 heteroatoms. The maximum absolute atomic E-state index is 4.15. The van der Waals surface area contributed by atoms with Gasteiger partial charge in [-0.25, -0.2) is 15.0 Å². The third-order valence-corrected chi connectivity index (χ3v) is 2.01. The van der Waals surface area contributed by atoms with Gasteiger partial charge in [0.25, 0.3) is 0 Å². The Morgan fingerprint density at radius 1 is 1.25 bits per heavy atom. The van der Waals surface area contributed by atoms with E-state index in [0.717, 1.165) is 12.2 Å². The van der Waals surface area contributed by atoms with Gasteiger partial charge in [0.2, 0.25) is 0 Å². The molecule has 0 N–H and O–H groups in total. The van der Waals surface area contributed by atoms with Crippen molar-refractivity contribution in [2.45, 2.75) is 39.0 Å². The number of nitrogens with zero attached hydrogens (tertiary/aromatic N) is 3. The Balaban J connectivity index is 2.66. The van der Waals surface area contributed by atoms with Gasteiger partial charge >= 0.3 is 0 Å². The highest BCUT2D eigenvalue weighted by Gasteiger charge is 2.09. The molecule has 0 radical (unpaired) electrons. The Kier molecular flexibility index (Phi) is 3.64. The van der Waals surface area contributed by atoms with Gasteiger partial charge < -0.3 is 0 Å². The smallest absolute Gasteiger partial charge is 0.135 e. The Bertz CT molecular complexity index is 210. The Morgan fingerprint density at radius 3 is 2.42 bits per heavy atom. The molecule has 0 aliphatic heterocycles. The minimum absolute atomic E-state index is 0.512. The summed E-state index contributed by atoms with van der Waals surface area (Å²) in [4.78, 5) is 12.1. The fourth-order valence-corrected chi connectivity index (χ4v) is 1.32. The van der Waals surface area contributed by atoms with Gasteiger partial charge in [-0.3, -0.25) is 0 Å². The fraction of sp³-hybridized carbons (Fsp3) is 0.667. The van der Waals surface area contributed by atoms with Gasteiger partial charge in [-0.2, -0.15) is 0 Å². The number of rotatable bonds is 4. The molecule has 0 bridgehead atoms. The highest BCUT2D eigenvalue weighted by molar-refractivity contribution is 4.92. The van der Waals surface area contributed by atoms with Crippen LogP contribution >= 0.6 is 0 Å². The standard InChI is InChI=1S/C9H15N3/c1-3-5-8(4-2)9-11-6-10-7-12-9/h6-8H,3-5H2,1-2H3. The van der Waals surface area contributed by atoms with Gasteiger partial charge in [-0.15, -0.1) is 0 Å². The first-order chi connectivity index (χ1) is 5.88. The summed E-state index contributed by atoms with van der Waals surface area (Å²) in [6, 6.07) is 0. The fourth-order valence-electron chi connectivity index (χ4n) is 1.32. The summed E-state index contributed by atoms with van der Waals surface area (Å²) in [5, 5.41) is 0. The molecule has 1 aromatic heterocycles. The SMILES string of the molecule is CCCC(CC)c1ncncn1. The number of hydrogen-bond donors (Lipinski definition) is 0. The van der Waals surface area contributed by atoms with Gasteiger partial charge in [0.15, 0.2) is 0 Å². The maximum atomic E-state index is 4.15. The average Bonchev–Trinajstić information content (AvgIpc) is 2.15. The van der Waals surface area contributed by atoms with E-state index in [-0.39, 0.29) is 0 Å². The van der Waals surface area contributed by atoms with E-state index < -0.39 is 0 Å². The predicted octanol–water partition coefficient (Wildman–Crippen LogP) is 2.17. The second-order valence-corrected chi connectivity index (χ2v) is 2.89. The van der Waals surface area contributed by atoms with Crippen LogP contribution in [0.3, 0.4) is 0 Å². The van der Waals surface area contributed by atoms with E-state index in [1.165, 1.54) is 12.8 Å². The highest BCUT2D eigenvalue weighted by Crippen LogP contribution is 2.19. The van der Waals surface area contributed by atoms with Crippen LogP contribution < -0.4 is 0 Å². The normalized spacial score (nSPS) is 12.8. The minimum atomic E-state index is 0.512. The van der Waals surface area contributed by atoms with E-state index in [4.69, 9.17) is 0 Å². The Morgan fingerprint density at radius 2 is 1.92 bits per heavy atom. The van der Waals surface area contributed by atoms with E-state index >= 15 is 0 Å². The highest BCUT2D eigenvalue weighted by atomic mass is 15.0. The van der Waals surface area contributed by atoms with Crippen molar-refractivity contribution in [2.75, 3.05) is 0 Å². The lowest BCUT2D eigenvalue weighted by Gasteiger charge is -2.10. The molecule has 1 unspecified atom stereocenters. The first kappa shape index (κ1) is 9.10. The summed E-state index contributed by atoms with van der Waals surface area (Å²) < 4.78 is 0. The van der Waals surface area contributed by atoms with E-state index in [0.29, 0.717) is 5.92 Å². The van der Waals surface area contributed by atoms with Crippen LogP contribution in [0.15, 0.2) is 12.7 Å². The summed E-state index contributed by atoms with van der Waals surface area (Å²) in [7, 11) is 0. The zero-order valence-corrected chi connectivity index (χ0v) is 7.70. The second kappa shape index (κ2) is 4.80. The topological polar surface area (TPSA) is 38.7 Å². The third-order valence-electron chi connectivity index (χ3n) is 2.01. The lowest BCUT2D eigenvalue weighted by molar-refractivity contribution is 0.561. The maximum Gasteiger partial charge on any atom is 0.135 e. The monoisotopic (exact) mass is 165 g/mol. The molecule has 0 amide bonds. The zero-order chi connectivity index (χ0) is 8.81. The third kappa shape index (κ3) is 2.26. The number of aromatic nitrogens is 3. The van der Waals surface area contributed by atoms with Crippen LogP contribution in [0.4, 0.5) is 0 Å². The molecule has 1 heterocycles. The van der Waals surface area contributed by atoms with Gasteiger partial charge in [-0.05, 0) is 12.8 Å². The van der Waals surface area contributed by atoms with Crippen molar-refractivity contribution in [3.63, 3.8) is 0 Å². The molecule has 1 rings (SSSR count). The lowest BCUT2D eigenvalue weighted by atomic mass is 10.0. The van der Waals surface area contributed by atoms with Crippen molar-refractivity contribution < 1.29 is 0 Å². The molecule has 66 valence electrons. The molecule has 0 aromatic carbocycles. The molecule has 0 saturated carbocycles. The van der Waals surface area contributed by atoms with Crippen molar-refractivity contribution in [2.24, 2.45) is 0 Å². The zero-order valence-electron chi connectivity index (χ0n) is 7.70. The summed E-state index contributed by atoms with van der Waals surface area (Å²) in [6.45, 7) is 4.36. The van der Waals surface area contributed by atoms with Crippen LogP contribution in [0.2, 0.25) is 0 Å². The lowest BCUT2D eigenvalue weighted by Crippen LogP contribution is -2.03. The van der Waals surface area contributed by atoms with Crippen molar-refractivity contribution in [3.05, 3.63) is 18.5 Å². The largest absolute Gasteiger partial charge is 0.225 e. The van der Waals surface area contributed by atoms with Crippen molar-refractivity contribution >= 4 is 0 Å². The van der Waals surface area contributed by atoms with Gasteiger partial charge in [0.1, 0.15) is 18.5 Å². The van der Waals surface area contributed by atoms with Crippen LogP contribution in [-0.2, 0) is 0 Å². The van der Waals surface area contributed by atoms with Gasteiger partial charge in [0.05, 0.1) is 0 Å². The molecule has 3 nitrogen and oxygen atoms in total. The van der Waals surface area contributed by atoms with Crippen molar-refractivity contribution in [1.82, 2.24) is 15.0 Å². The first-order valence-corrected chi connectivity index (χ1v) is 4.50. The molecular formula is C9H15N3. The number of hydrogen-bond acceptors (Lipinski definition) is 3. The van der Waals surface area contributed by atoms with Crippen LogP contribution in [0, 0.1) is 0 Å². The van der Waals surface area contributed by atoms with E-state index in [2.05, 4.69) is 28.8 Å². The van der Waals surface area contributed by atoms with E-state index in [1.807, 2.05) is 0 Å². The molecule has 0 aliphatic rings. The Hall–Kier alpha value is -0.990. The first-order valence-electron chi connectivity index (χ1n) is 4.50. The predicted molar refractivity (Wildman–Crippen MR) is 47.8 cm³/mol. The van der Waals surface area contributed by atoms with Crippen LogP contribution in [-0.4, -0.2) is 15.0 Å². The Labute approximate surface area is 73.3 Å². The molecule has 0 spiro atoms. The summed E-state index contributed by atoms with van der Waals surface area (Å²) >= 11 is 0. The van der Waals surface area contributed by atoms with E-state index in [9.17, 15) is 0 Å². The molecular weight excluding hydrogens is 150 g/mol. The molecule has 0 saturated heterocycles. The quantitative estimate of drug-likeness (QED) is 0.686. The minimum Gasteiger partial charge on any atom is -0.225 e. The molecule has 1 atom stereocenters. The van der Waals surface area contributed by atoms with Crippen molar-refractivity contribution in [1.29, 1.82) is 0 Å². The second-order valence-electron chi connectivity index (χ2n) is 2.89. The summed E-state index contributed by atoms with van der Waals surface area (Å²) in [5.41, 5.74) is 0. The molecule has 0 fully saturated rings. The molecule has 12 heavy (non-hydrogen) atoms. The van der Waals surface area contributed by atoms with Crippen molar-refractivity contribution in [3.8, 4) is 0 Å². The van der Waals surface area contributed by atoms with Gasteiger partial charge in [-0.1, -0.05) is 20.3 Å². The summed E-state index contributed by atoms with van der Waals surface area (Å²) in [6.07, 6.45) is 6.60.